The van der Waals surface area contributed by atoms with Gasteiger partial charge in [0.2, 0.25) is 0 Å². The van der Waals surface area contributed by atoms with Crippen LogP contribution in [0, 0.1) is 6.07 Å². The molecule has 0 N–H and O–H groups in total. The Morgan fingerprint density at radius 1 is 0.759 bits per heavy atom. The van der Waals surface area contributed by atoms with E-state index in [2.05, 4.69) is 6.07 Å². The van der Waals surface area contributed by atoms with Crippen molar-refractivity contribution in [3.8, 4) is 0 Å². The molecule has 3 aromatic rings. The van der Waals surface area contributed by atoms with E-state index in [0.717, 1.165) is 6.07 Å². The Balaban J connectivity index is 0. The largest absolute Gasteiger partial charge is 1.00 e. The summed E-state index contributed by atoms with van der Waals surface area (Å²) in [5.41, 5.74) is 0. The molecular formula is C14H7Na3O9S3. The molecule has 15 heteroatoms. The van der Waals surface area contributed by atoms with Crippen LogP contribution in [0.3, 0.4) is 0 Å². The number of benzene rings is 3. The van der Waals surface area contributed by atoms with E-state index in [1.807, 2.05) is 0 Å². The second-order valence-corrected chi connectivity index (χ2v) is 8.02. The van der Waals surface area contributed by atoms with Crippen molar-refractivity contribution in [2.45, 2.75) is 9.79 Å². The summed E-state index contributed by atoms with van der Waals surface area (Å²) in [5.74, 6) is 0. The summed E-state index contributed by atoms with van der Waals surface area (Å²) < 4.78 is 93.0. The van der Waals surface area contributed by atoms with Gasteiger partial charge in [0.25, 0.3) is 0 Å². The molecule has 0 aliphatic heterocycles. The molecule has 0 atom stereocenters. The second-order valence-electron chi connectivity index (χ2n) is 4.88. The first-order chi connectivity index (χ1) is 11.9. The van der Waals surface area contributed by atoms with Crippen LogP contribution < -0.4 is 88.7 Å². The summed E-state index contributed by atoms with van der Waals surface area (Å²) in [6.07, 6.45) is 0. The summed E-state index contributed by atoms with van der Waals surface area (Å²) in [6, 6.07) is 12.4. The van der Waals surface area contributed by atoms with Gasteiger partial charge in [-0.1, -0.05) is 6.07 Å². The zero-order valence-electron chi connectivity index (χ0n) is 15.4. The maximum Gasteiger partial charge on any atom is 1.00 e. The zero-order chi connectivity index (χ0) is 19.7. The third-order valence-corrected chi connectivity index (χ3v) is 4.94. The molecule has 3 aromatic carbocycles. The van der Waals surface area contributed by atoms with Gasteiger partial charge < -0.3 is 9.11 Å². The van der Waals surface area contributed by atoms with Crippen molar-refractivity contribution >= 4 is 52.4 Å². The van der Waals surface area contributed by atoms with Crippen LogP contribution in [0.2, 0.25) is 0 Å². The van der Waals surface area contributed by atoms with E-state index in [1.54, 1.807) is 18.2 Å². The van der Waals surface area contributed by atoms with Crippen LogP contribution in [-0.4, -0.2) is 38.6 Å². The van der Waals surface area contributed by atoms with Gasteiger partial charge in [-0.05, 0) is 22.9 Å². The van der Waals surface area contributed by atoms with E-state index in [9.17, 15) is 25.9 Å². The quantitative estimate of drug-likeness (QED) is 0.149. The Morgan fingerprint density at radius 2 is 1.31 bits per heavy atom. The Hall–Kier alpha value is 0.620. The zero-order valence-corrected chi connectivity index (χ0v) is 23.9. The molecule has 0 fully saturated rings. The minimum Gasteiger partial charge on any atom is -0.744 e. The first kappa shape index (κ1) is 31.8. The SMILES string of the molecule is O=S(=O)([O-])c1cc(S(=O)(=O)[O-])c2cc3cc[c-]cc3cc2c1.O=S(=O)=O.[Na+].[Na+].[Na+]. The molecule has 138 valence electrons. The molecule has 0 bridgehead atoms. The average molecular weight is 484 g/mol. The van der Waals surface area contributed by atoms with E-state index in [0.29, 0.717) is 16.8 Å². The average Bonchev–Trinajstić information content (AvgIpc) is 2.49. The van der Waals surface area contributed by atoms with Crippen LogP contribution in [0.5, 0.6) is 0 Å². The molecule has 0 radical (unpaired) electrons. The van der Waals surface area contributed by atoms with E-state index in [1.165, 1.54) is 12.1 Å². The van der Waals surface area contributed by atoms with Gasteiger partial charge in [-0.2, -0.15) is 24.3 Å². The first-order valence-electron chi connectivity index (χ1n) is 6.46. The molecule has 0 amide bonds. The Morgan fingerprint density at radius 3 is 1.79 bits per heavy atom. The summed E-state index contributed by atoms with van der Waals surface area (Å²) in [4.78, 5) is -1.48. The van der Waals surface area contributed by atoms with Crippen LogP contribution in [0.4, 0.5) is 0 Å². The van der Waals surface area contributed by atoms with Gasteiger partial charge >= 0.3 is 99.3 Å². The van der Waals surface area contributed by atoms with Crippen LogP contribution >= 0.6 is 0 Å². The van der Waals surface area contributed by atoms with Crippen LogP contribution in [0.1, 0.15) is 0 Å². The molecule has 0 saturated heterocycles. The minimum absolute atomic E-state index is 0. The fourth-order valence-corrected chi connectivity index (χ4v) is 3.61. The standard InChI is InChI=1S/C14H9O6S2.3Na.O3S/c15-21(16,17)12-6-11-5-9-3-1-2-4-10(9)7-13(11)14(8-12)22(18,19)20;;;;1-4(2)3/h2-8H,(H,15,16,17)(H,18,19,20);;;;/q-1;3*+1;/p-2. The maximum absolute atomic E-state index is 11.4. The summed E-state index contributed by atoms with van der Waals surface area (Å²) in [7, 11) is -12.9. The van der Waals surface area contributed by atoms with E-state index < -0.39 is 40.6 Å². The molecular weight excluding hydrogens is 477 g/mol. The number of hydrogen-bond donors (Lipinski definition) is 0. The van der Waals surface area contributed by atoms with Gasteiger partial charge in [-0.25, -0.2) is 16.8 Å². The molecule has 0 heterocycles. The minimum atomic E-state index is -4.94. The van der Waals surface area contributed by atoms with Crippen molar-refractivity contribution in [3.05, 3.63) is 48.5 Å². The van der Waals surface area contributed by atoms with Crippen LogP contribution in [0.15, 0.2) is 52.3 Å². The Bertz CT molecular complexity index is 1330. The Kier molecular flexibility index (Phi) is 13.8. The normalized spacial score (nSPS) is 10.6. The van der Waals surface area contributed by atoms with Crippen molar-refractivity contribution < 1.29 is 127 Å². The fourth-order valence-electron chi connectivity index (χ4n) is 2.28. The van der Waals surface area contributed by atoms with Crippen LogP contribution in [-0.2, 0) is 30.8 Å². The number of rotatable bonds is 2. The van der Waals surface area contributed by atoms with E-state index in [-0.39, 0.29) is 99.4 Å². The second kappa shape index (κ2) is 12.6. The molecule has 0 spiro atoms. The van der Waals surface area contributed by atoms with Gasteiger partial charge in [-0.15, -0.1) is 29.5 Å². The maximum atomic E-state index is 11.4. The van der Waals surface area contributed by atoms with Gasteiger partial charge in [-0.3, -0.25) is 0 Å². The van der Waals surface area contributed by atoms with Gasteiger partial charge in [0.05, 0.1) is 9.79 Å². The van der Waals surface area contributed by atoms with Crippen molar-refractivity contribution in [2.75, 3.05) is 0 Å². The monoisotopic (exact) mass is 484 g/mol. The van der Waals surface area contributed by atoms with Gasteiger partial charge in [0.15, 0.2) is 0 Å². The Labute approximate surface area is 234 Å². The summed E-state index contributed by atoms with van der Waals surface area (Å²) >= 11 is 0. The molecule has 0 aliphatic carbocycles. The fraction of sp³-hybridized carbons (Fsp3) is 0. The molecule has 0 unspecified atom stereocenters. The van der Waals surface area contributed by atoms with Gasteiger partial charge in [0.1, 0.15) is 20.2 Å². The van der Waals surface area contributed by atoms with Crippen molar-refractivity contribution in [2.24, 2.45) is 0 Å². The predicted molar refractivity (Wildman–Crippen MR) is 85.9 cm³/mol. The number of hydrogen-bond acceptors (Lipinski definition) is 9. The summed E-state index contributed by atoms with van der Waals surface area (Å²) in [6.45, 7) is 0. The van der Waals surface area contributed by atoms with Crippen molar-refractivity contribution in [1.82, 2.24) is 0 Å². The van der Waals surface area contributed by atoms with Crippen molar-refractivity contribution in [1.29, 1.82) is 0 Å². The molecule has 9 nitrogen and oxygen atoms in total. The first-order valence-corrected chi connectivity index (χ1v) is 10.3. The van der Waals surface area contributed by atoms with Gasteiger partial charge in [0, 0.05) is 0 Å². The molecule has 0 saturated carbocycles. The molecule has 3 rings (SSSR count). The third-order valence-electron chi connectivity index (χ3n) is 3.25. The molecule has 29 heavy (non-hydrogen) atoms. The topological polar surface area (TPSA) is 166 Å². The van der Waals surface area contributed by atoms with Crippen molar-refractivity contribution in [3.63, 3.8) is 0 Å². The predicted octanol–water partition coefficient (Wildman–Crippen LogP) is -8.39. The van der Waals surface area contributed by atoms with Crippen LogP contribution in [0.25, 0.3) is 21.5 Å². The third kappa shape index (κ3) is 8.94. The van der Waals surface area contributed by atoms with E-state index >= 15 is 0 Å². The number of fused-ring (bicyclic) bond motifs is 2. The summed E-state index contributed by atoms with van der Waals surface area (Å²) in [5, 5.41) is 1.58. The smallest absolute Gasteiger partial charge is 0.744 e. The molecule has 0 aromatic heterocycles. The molecule has 0 aliphatic rings. The van der Waals surface area contributed by atoms with E-state index in [4.69, 9.17) is 12.6 Å².